The van der Waals surface area contributed by atoms with Crippen LogP contribution in [0.1, 0.15) is 11.1 Å². The summed E-state index contributed by atoms with van der Waals surface area (Å²) in [4.78, 5) is 0. The first kappa shape index (κ1) is 16.8. The SMILES string of the molecule is Cc1ccc(F)cc1CC(O)COCC(F)(F)C(F)F. The molecule has 0 radical (unpaired) electrons. The molecular formula is C13H15F5O2. The van der Waals surface area contributed by atoms with E-state index in [2.05, 4.69) is 4.74 Å². The maximum absolute atomic E-state index is 13.0. The number of rotatable bonds is 7. The fourth-order valence-corrected chi connectivity index (χ4v) is 1.57. The third kappa shape index (κ3) is 5.05. The van der Waals surface area contributed by atoms with E-state index in [9.17, 15) is 27.1 Å². The third-order valence-corrected chi connectivity index (χ3v) is 2.69. The van der Waals surface area contributed by atoms with Crippen LogP contribution < -0.4 is 0 Å². The molecule has 114 valence electrons. The van der Waals surface area contributed by atoms with E-state index in [1.165, 1.54) is 18.2 Å². The summed E-state index contributed by atoms with van der Waals surface area (Å²) in [6, 6.07) is 3.99. The van der Waals surface area contributed by atoms with E-state index in [4.69, 9.17) is 0 Å². The summed E-state index contributed by atoms with van der Waals surface area (Å²) in [5.74, 6) is -4.72. The largest absolute Gasteiger partial charge is 0.390 e. The topological polar surface area (TPSA) is 29.5 Å². The van der Waals surface area contributed by atoms with Gasteiger partial charge in [0.05, 0.1) is 12.7 Å². The maximum Gasteiger partial charge on any atom is 0.330 e. The molecule has 0 aliphatic carbocycles. The molecule has 0 heterocycles. The van der Waals surface area contributed by atoms with E-state index in [1.54, 1.807) is 6.92 Å². The molecule has 7 heteroatoms. The number of ether oxygens (including phenoxy) is 1. The lowest BCUT2D eigenvalue weighted by atomic mass is 10.0. The Morgan fingerprint density at radius 2 is 1.95 bits per heavy atom. The van der Waals surface area contributed by atoms with Crippen LogP contribution in [-0.4, -0.2) is 36.8 Å². The van der Waals surface area contributed by atoms with Gasteiger partial charge in [0.2, 0.25) is 0 Å². The summed E-state index contributed by atoms with van der Waals surface area (Å²) in [5, 5.41) is 9.57. The van der Waals surface area contributed by atoms with Crippen molar-refractivity contribution in [1.82, 2.24) is 0 Å². The lowest BCUT2D eigenvalue weighted by molar-refractivity contribution is -0.170. The second kappa shape index (κ2) is 6.99. The number of halogens is 5. The Morgan fingerprint density at radius 1 is 1.30 bits per heavy atom. The Balaban J connectivity index is 2.44. The molecule has 1 atom stereocenters. The van der Waals surface area contributed by atoms with Gasteiger partial charge < -0.3 is 9.84 Å². The van der Waals surface area contributed by atoms with Gasteiger partial charge in [-0.2, -0.15) is 8.78 Å². The minimum absolute atomic E-state index is 0.0101. The van der Waals surface area contributed by atoms with Gasteiger partial charge >= 0.3 is 12.3 Å². The molecule has 0 aliphatic heterocycles. The molecule has 1 N–H and O–H groups in total. The molecule has 0 spiro atoms. The van der Waals surface area contributed by atoms with Crippen LogP contribution in [0.2, 0.25) is 0 Å². The third-order valence-electron chi connectivity index (χ3n) is 2.69. The summed E-state index contributed by atoms with van der Waals surface area (Å²) in [6.07, 6.45) is -5.00. The fraction of sp³-hybridized carbons (Fsp3) is 0.538. The first-order valence-electron chi connectivity index (χ1n) is 5.89. The van der Waals surface area contributed by atoms with Crippen LogP contribution in [0.25, 0.3) is 0 Å². The summed E-state index contributed by atoms with van der Waals surface area (Å²) in [5.41, 5.74) is 1.23. The zero-order valence-electron chi connectivity index (χ0n) is 10.8. The molecule has 0 saturated heterocycles. The van der Waals surface area contributed by atoms with Gasteiger partial charge in [0.1, 0.15) is 12.4 Å². The van der Waals surface area contributed by atoms with E-state index in [0.29, 0.717) is 5.56 Å². The van der Waals surface area contributed by atoms with Crippen molar-refractivity contribution in [2.75, 3.05) is 13.2 Å². The first-order chi connectivity index (χ1) is 9.22. The van der Waals surface area contributed by atoms with Gasteiger partial charge in [-0.25, -0.2) is 13.2 Å². The van der Waals surface area contributed by atoms with Crippen molar-refractivity contribution in [3.8, 4) is 0 Å². The van der Waals surface area contributed by atoms with E-state index < -0.39 is 37.5 Å². The van der Waals surface area contributed by atoms with E-state index >= 15 is 0 Å². The van der Waals surface area contributed by atoms with Crippen molar-refractivity contribution in [2.24, 2.45) is 0 Å². The average Bonchev–Trinajstić information content (AvgIpc) is 2.33. The second-order valence-corrected chi connectivity index (χ2v) is 4.51. The number of hydrogen-bond acceptors (Lipinski definition) is 2. The standard InChI is InChI=1S/C13H15F5O2/c1-8-2-3-10(14)4-9(8)5-11(19)6-20-7-13(17,18)12(15)16/h2-4,11-12,19H,5-7H2,1H3. The van der Waals surface area contributed by atoms with Gasteiger partial charge in [-0.05, 0) is 30.2 Å². The predicted octanol–water partition coefficient (Wildman–Crippen LogP) is 2.95. The minimum Gasteiger partial charge on any atom is -0.390 e. The molecule has 1 unspecified atom stereocenters. The zero-order chi connectivity index (χ0) is 15.3. The highest BCUT2D eigenvalue weighted by Crippen LogP contribution is 2.23. The van der Waals surface area contributed by atoms with Crippen LogP contribution in [0.3, 0.4) is 0 Å². The maximum atomic E-state index is 13.0. The molecular weight excluding hydrogens is 283 g/mol. The van der Waals surface area contributed by atoms with Crippen LogP contribution in [-0.2, 0) is 11.2 Å². The van der Waals surface area contributed by atoms with E-state index in [1.807, 2.05) is 0 Å². The molecule has 0 aliphatic rings. The molecule has 0 fully saturated rings. The number of benzene rings is 1. The van der Waals surface area contributed by atoms with Gasteiger partial charge in [0.25, 0.3) is 0 Å². The van der Waals surface area contributed by atoms with Gasteiger partial charge in [-0.3, -0.25) is 0 Å². The highest BCUT2D eigenvalue weighted by molar-refractivity contribution is 5.27. The zero-order valence-corrected chi connectivity index (χ0v) is 10.8. The Morgan fingerprint density at radius 3 is 2.55 bits per heavy atom. The number of aliphatic hydroxyl groups excluding tert-OH is 1. The first-order valence-corrected chi connectivity index (χ1v) is 5.89. The summed E-state index contributed by atoms with van der Waals surface area (Å²) in [6.45, 7) is -0.296. The van der Waals surface area contributed by atoms with Crippen LogP contribution in [0.15, 0.2) is 18.2 Å². The molecule has 1 rings (SSSR count). The normalized spacial score (nSPS) is 13.8. The molecule has 20 heavy (non-hydrogen) atoms. The molecule has 0 aromatic heterocycles. The van der Waals surface area contributed by atoms with Gasteiger partial charge in [0, 0.05) is 6.42 Å². The summed E-state index contributed by atoms with van der Waals surface area (Å²) in [7, 11) is 0. The Kier molecular flexibility index (Phi) is 5.88. The summed E-state index contributed by atoms with van der Waals surface area (Å²) < 4.78 is 66.2. The molecule has 1 aromatic rings. The van der Waals surface area contributed by atoms with Crippen molar-refractivity contribution in [1.29, 1.82) is 0 Å². The Bertz CT molecular complexity index is 437. The molecule has 2 nitrogen and oxygen atoms in total. The smallest absolute Gasteiger partial charge is 0.330 e. The average molecular weight is 298 g/mol. The van der Waals surface area contributed by atoms with Crippen molar-refractivity contribution < 1.29 is 31.8 Å². The quantitative estimate of drug-likeness (QED) is 0.784. The Labute approximate surface area is 113 Å². The van der Waals surface area contributed by atoms with Crippen LogP contribution >= 0.6 is 0 Å². The number of hydrogen-bond donors (Lipinski definition) is 1. The van der Waals surface area contributed by atoms with Crippen LogP contribution in [0.5, 0.6) is 0 Å². The minimum atomic E-state index is -4.24. The number of alkyl halides is 4. The van der Waals surface area contributed by atoms with Crippen molar-refractivity contribution >= 4 is 0 Å². The molecule has 0 bridgehead atoms. The highest BCUT2D eigenvalue weighted by atomic mass is 19.3. The van der Waals surface area contributed by atoms with Gasteiger partial charge in [-0.15, -0.1) is 0 Å². The van der Waals surface area contributed by atoms with Crippen LogP contribution in [0, 0.1) is 12.7 Å². The lowest BCUT2D eigenvalue weighted by Crippen LogP contribution is -2.34. The highest BCUT2D eigenvalue weighted by Gasteiger charge is 2.41. The van der Waals surface area contributed by atoms with Gasteiger partial charge in [-0.1, -0.05) is 6.07 Å². The van der Waals surface area contributed by atoms with E-state index in [-0.39, 0.29) is 6.42 Å². The number of aryl methyl sites for hydroxylation is 1. The second-order valence-electron chi connectivity index (χ2n) is 4.51. The van der Waals surface area contributed by atoms with Crippen molar-refractivity contribution in [3.63, 3.8) is 0 Å². The predicted molar refractivity (Wildman–Crippen MR) is 62.6 cm³/mol. The lowest BCUT2D eigenvalue weighted by Gasteiger charge is -2.17. The van der Waals surface area contributed by atoms with Gasteiger partial charge in [0.15, 0.2) is 0 Å². The molecule has 0 saturated carbocycles. The van der Waals surface area contributed by atoms with Crippen LogP contribution in [0.4, 0.5) is 22.0 Å². The summed E-state index contributed by atoms with van der Waals surface area (Å²) >= 11 is 0. The van der Waals surface area contributed by atoms with Crippen molar-refractivity contribution in [3.05, 3.63) is 35.1 Å². The Hall–Kier alpha value is -1.21. The molecule has 1 aromatic carbocycles. The number of aliphatic hydroxyl groups is 1. The fourth-order valence-electron chi connectivity index (χ4n) is 1.57. The monoisotopic (exact) mass is 298 g/mol. The van der Waals surface area contributed by atoms with E-state index in [0.717, 1.165) is 5.56 Å². The molecule has 0 amide bonds. The van der Waals surface area contributed by atoms with Crippen molar-refractivity contribution in [2.45, 2.75) is 31.8 Å².